The summed E-state index contributed by atoms with van der Waals surface area (Å²) in [5.41, 5.74) is 0. The lowest BCUT2D eigenvalue weighted by molar-refractivity contribution is 0.0513. The van der Waals surface area contributed by atoms with E-state index >= 15 is 0 Å². The third-order valence-corrected chi connectivity index (χ3v) is 2.67. The summed E-state index contributed by atoms with van der Waals surface area (Å²) in [5, 5.41) is 38.2. The van der Waals surface area contributed by atoms with Crippen molar-refractivity contribution in [1.29, 1.82) is 0 Å². The number of aliphatic hydroxyl groups excluding tert-OH is 4. The number of hydrogen-bond donors (Lipinski definition) is 4. The van der Waals surface area contributed by atoms with Crippen LogP contribution in [0.3, 0.4) is 0 Å². The standard InChI is InChI=1S/C14H30N2O4/c1-10(17)6-15(7-11(2)18)14(5)16(8-12(3)19)9-13(4)20/h10-13,17-20H,5-9H2,1-4H3. The van der Waals surface area contributed by atoms with Crippen LogP contribution in [-0.2, 0) is 0 Å². The molecule has 0 saturated carbocycles. The summed E-state index contributed by atoms with van der Waals surface area (Å²) >= 11 is 0. The van der Waals surface area contributed by atoms with E-state index in [-0.39, 0.29) is 0 Å². The Morgan fingerprint density at radius 1 is 0.700 bits per heavy atom. The van der Waals surface area contributed by atoms with Gasteiger partial charge in [-0.15, -0.1) is 0 Å². The van der Waals surface area contributed by atoms with Crippen LogP contribution in [-0.4, -0.2) is 80.8 Å². The molecule has 0 radical (unpaired) electrons. The van der Waals surface area contributed by atoms with Gasteiger partial charge in [-0.1, -0.05) is 6.58 Å². The molecule has 0 aromatic heterocycles. The van der Waals surface area contributed by atoms with Gasteiger partial charge in [0.2, 0.25) is 0 Å². The third kappa shape index (κ3) is 8.37. The van der Waals surface area contributed by atoms with Gasteiger partial charge in [0.15, 0.2) is 0 Å². The average Bonchev–Trinajstić information content (AvgIpc) is 2.23. The van der Waals surface area contributed by atoms with Crippen molar-refractivity contribution in [2.24, 2.45) is 0 Å². The zero-order valence-corrected chi connectivity index (χ0v) is 13.0. The van der Waals surface area contributed by atoms with Crippen LogP contribution in [0.15, 0.2) is 12.4 Å². The molecule has 20 heavy (non-hydrogen) atoms. The van der Waals surface area contributed by atoms with E-state index in [1.807, 2.05) is 0 Å². The van der Waals surface area contributed by atoms with Crippen LogP contribution in [0.4, 0.5) is 0 Å². The minimum Gasteiger partial charge on any atom is -0.392 e. The van der Waals surface area contributed by atoms with E-state index in [1.165, 1.54) is 0 Å². The van der Waals surface area contributed by atoms with Crippen LogP contribution in [0.1, 0.15) is 27.7 Å². The molecule has 0 amide bonds. The first-order valence-corrected chi connectivity index (χ1v) is 7.04. The topological polar surface area (TPSA) is 87.4 Å². The number of rotatable bonds is 10. The normalized spacial score (nSPS) is 17.2. The van der Waals surface area contributed by atoms with Gasteiger partial charge in [0, 0.05) is 26.2 Å². The van der Waals surface area contributed by atoms with Crippen molar-refractivity contribution in [3.05, 3.63) is 12.4 Å². The van der Waals surface area contributed by atoms with Gasteiger partial charge in [-0.3, -0.25) is 0 Å². The first kappa shape index (κ1) is 19.2. The van der Waals surface area contributed by atoms with Crippen LogP contribution >= 0.6 is 0 Å². The molecular formula is C14H30N2O4. The second kappa shape index (κ2) is 9.18. The highest BCUT2D eigenvalue weighted by molar-refractivity contribution is 4.96. The second-order valence-corrected chi connectivity index (χ2v) is 5.62. The van der Waals surface area contributed by atoms with Crippen molar-refractivity contribution in [2.75, 3.05) is 26.2 Å². The molecule has 0 saturated heterocycles. The smallest absolute Gasteiger partial charge is 0.0968 e. The van der Waals surface area contributed by atoms with Crippen LogP contribution in [0.5, 0.6) is 0 Å². The number of hydrogen-bond acceptors (Lipinski definition) is 6. The van der Waals surface area contributed by atoms with Gasteiger partial charge in [0.1, 0.15) is 0 Å². The summed E-state index contributed by atoms with van der Waals surface area (Å²) in [5.74, 6) is 0.577. The quantitative estimate of drug-likeness (QED) is 0.437. The monoisotopic (exact) mass is 290 g/mol. The van der Waals surface area contributed by atoms with E-state index in [4.69, 9.17) is 0 Å². The third-order valence-electron chi connectivity index (χ3n) is 2.67. The molecule has 6 nitrogen and oxygen atoms in total. The number of nitrogens with zero attached hydrogens (tertiary/aromatic N) is 2. The van der Waals surface area contributed by atoms with E-state index in [9.17, 15) is 20.4 Å². The average molecular weight is 290 g/mol. The lowest BCUT2D eigenvalue weighted by atomic mass is 10.2. The van der Waals surface area contributed by atoms with Crippen molar-refractivity contribution < 1.29 is 20.4 Å². The molecule has 0 aromatic carbocycles. The Kier molecular flexibility index (Phi) is 8.80. The van der Waals surface area contributed by atoms with Crippen molar-refractivity contribution in [2.45, 2.75) is 52.1 Å². The molecular weight excluding hydrogens is 260 g/mol. The Hall–Kier alpha value is -0.820. The zero-order chi connectivity index (χ0) is 15.9. The van der Waals surface area contributed by atoms with Crippen LogP contribution in [0.2, 0.25) is 0 Å². The maximum Gasteiger partial charge on any atom is 0.0968 e. The largest absolute Gasteiger partial charge is 0.392 e. The SMILES string of the molecule is C=C(N(CC(C)O)CC(C)O)N(CC(C)O)CC(C)O. The highest BCUT2D eigenvalue weighted by Crippen LogP contribution is 2.12. The first-order valence-electron chi connectivity index (χ1n) is 7.04. The molecule has 0 heterocycles. The predicted molar refractivity (Wildman–Crippen MR) is 79.0 cm³/mol. The molecule has 0 aliphatic carbocycles. The molecule has 0 fully saturated rings. The highest BCUT2D eigenvalue weighted by atomic mass is 16.3. The van der Waals surface area contributed by atoms with Gasteiger partial charge < -0.3 is 30.2 Å². The molecule has 6 heteroatoms. The Bertz CT molecular complexity index is 234. The Balaban J connectivity index is 4.91. The van der Waals surface area contributed by atoms with E-state index in [0.29, 0.717) is 32.0 Å². The molecule has 0 aliphatic rings. The van der Waals surface area contributed by atoms with E-state index in [0.717, 1.165) is 0 Å². The summed E-state index contributed by atoms with van der Waals surface area (Å²) in [6, 6.07) is 0. The second-order valence-electron chi connectivity index (χ2n) is 5.62. The Labute approximate surface area is 121 Å². The molecule has 4 unspecified atom stereocenters. The molecule has 120 valence electrons. The summed E-state index contributed by atoms with van der Waals surface area (Å²) in [6.45, 7) is 12.0. The molecule has 0 aliphatic heterocycles. The zero-order valence-electron chi connectivity index (χ0n) is 13.0. The van der Waals surface area contributed by atoms with Gasteiger partial charge in [0.25, 0.3) is 0 Å². The van der Waals surface area contributed by atoms with Crippen molar-refractivity contribution >= 4 is 0 Å². The fraction of sp³-hybridized carbons (Fsp3) is 0.857. The lowest BCUT2D eigenvalue weighted by Gasteiger charge is -2.37. The summed E-state index contributed by atoms with van der Waals surface area (Å²) in [6.07, 6.45) is -2.26. The van der Waals surface area contributed by atoms with Crippen molar-refractivity contribution in [1.82, 2.24) is 9.80 Å². The predicted octanol–water partition coefficient (Wildman–Crippen LogP) is -0.415. The lowest BCUT2D eigenvalue weighted by Crippen LogP contribution is -2.45. The summed E-state index contributed by atoms with van der Waals surface area (Å²) in [7, 11) is 0. The molecule has 0 rings (SSSR count). The molecule has 0 spiro atoms. The Morgan fingerprint density at radius 3 is 1.05 bits per heavy atom. The van der Waals surface area contributed by atoms with Crippen LogP contribution < -0.4 is 0 Å². The minimum atomic E-state index is -0.564. The first-order chi connectivity index (χ1) is 9.13. The van der Waals surface area contributed by atoms with Gasteiger partial charge in [-0.2, -0.15) is 0 Å². The minimum absolute atomic E-state index is 0.333. The van der Waals surface area contributed by atoms with E-state index < -0.39 is 24.4 Å². The maximum absolute atomic E-state index is 9.55. The highest BCUT2D eigenvalue weighted by Gasteiger charge is 2.20. The fourth-order valence-electron chi connectivity index (χ4n) is 2.05. The van der Waals surface area contributed by atoms with Gasteiger partial charge >= 0.3 is 0 Å². The summed E-state index contributed by atoms with van der Waals surface area (Å²) < 4.78 is 0. The van der Waals surface area contributed by atoms with E-state index in [2.05, 4.69) is 6.58 Å². The van der Waals surface area contributed by atoms with Gasteiger partial charge in [-0.05, 0) is 27.7 Å². The Morgan fingerprint density at radius 2 is 0.900 bits per heavy atom. The van der Waals surface area contributed by atoms with Gasteiger partial charge in [-0.25, -0.2) is 0 Å². The maximum atomic E-state index is 9.55. The van der Waals surface area contributed by atoms with Crippen molar-refractivity contribution in [3.8, 4) is 0 Å². The van der Waals surface area contributed by atoms with E-state index in [1.54, 1.807) is 37.5 Å². The van der Waals surface area contributed by atoms with Crippen LogP contribution in [0.25, 0.3) is 0 Å². The fourth-order valence-corrected chi connectivity index (χ4v) is 2.05. The van der Waals surface area contributed by atoms with Crippen molar-refractivity contribution in [3.63, 3.8) is 0 Å². The summed E-state index contributed by atoms with van der Waals surface area (Å²) in [4.78, 5) is 3.53. The van der Waals surface area contributed by atoms with Crippen LogP contribution in [0, 0.1) is 0 Å². The molecule has 4 N–H and O–H groups in total. The molecule has 0 aromatic rings. The molecule has 0 bridgehead atoms. The van der Waals surface area contributed by atoms with Gasteiger partial charge in [0.05, 0.1) is 30.2 Å². The molecule has 4 atom stereocenters. The number of aliphatic hydroxyl groups is 4.